The fourth-order valence-electron chi connectivity index (χ4n) is 1.09. The molecule has 0 saturated heterocycles. The van der Waals surface area contributed by atoms with Gasteiger partial charge < -0.3 is 10.4 Å². The maximum atomic E-state index is 11.6. The Labute approximate surface area is 93.3 Å². The zero-order valence-electron chi connectivity index (χ0n) is 8.40. The molecule has 0 spiro atoms. The summed E-state index contributed by atoms with van der Waals surface area (Å²) in [5.41, 5.74) is 0.216. The third-order valence-electron chi connectivity index (χ3n) is 2.06. The summed E-state index contributed by atoms with van der Waals surface area (Å²) in [5, 5.41) is 12.1. The van der Waals surface area contributed by atoms with Gasteiger partial charge in [0.15, 0.2) is 0 Å². The van der Waals surface area contributed by atoms with Crippen molar-refractivity contribution in [3.05, 3.63) is 24.0 Å². The number of hydrogen-bond acceptors (Lipinski definition) is 3. The van der Waals surface area contributed by atoms with Crippen LogP contribution in [0.25, 0.3) is 0 Å². The molecule has 0 bridgehead atoms. The number of amides is 1. The number of carbonyl (C=O) groups excluding carboxylic acids is 1. The standard InChI is InChI=1S/C10H13ClN2O2/c1-2-7(5-11)13-10(15)8-3-4-12-6-9(8)14/h3-4,6-7,14H,2,5H2,1H3,(H,13,15). The fourth-order valence-corrected chi connectivity index (χ4v) is 1.39. The van der Waals surface area contributed by atoms with Crippen LogP contribution in [0.4, 0.5) is 0 Å². The van der Waals surface area contributed by atoms with Crippen molar-refractivity contribution in [3.8, 4) is 5.75 Å². The van der Waals surface area contributed by atoms with Crippen LogP contribution in [0.15, 0.2) is 18.5 Å². The van der Waals surface area contributed by atoms with E-state index in [1.54, 1.807) is 0 Å². The number of alkyl halides is 1. The first kappa shape index (κ1) is 11.8. The highest BCUT2D eigenvalue weighted by Gasteiger charge is 2.14. The number of carbonyl (C=O) groups is 1. The predicted molar refractivity (Wildman–Crippen MR) is 58.2 cm³/mol. The molecule has 1 rings (SSSR count). The normalized spacial score (nSPS) is 12.1. The van der Waals surface area contributed by atoms with Gasteiger partial charge in [0.1, 0.15) is 5.75 Å². The quantitative estimate of drug-likeness (QED) is 0.769. The van der Waals surface area contributed by atoms with Crippen molar-refractivity contribution < 1.29 is 9.90 Å². The van der Waals surface area contributed by atoms with Crippen molar-refractivity contribution >= 4 is 17.5 Å². The molecule has 0 fully saturated rings. The molecule has 0 aromatic carbocycles. The van der Waals surface area contributed by atoms with Crippen LogP contribution >= 0.6 is 11.6 Å². The fraction of sp³-hybridized carbons (Fsp3) is 0.400. The van der Waals surface area contributed by atoms with E-state index in [1.807, 2.05) is 6.92 Å². The number of nitrogens with zero attached hydrogens (tertiary/aromatic N) is 1. The zero-order chi connectivity index (χ0) is 11.3. The van der Waals surface area contributed by atoms with E-state index < -0.39 is 0 Å². The summed E-state index contributed by atoms with van der Waals surface area (Å²) >= 11 is 5.65. The predicted octanol–water partition coefficient (Wildman–Crippen LogP) is 1.53. The van der Waals surface area contributed by atoms with E-state index in [0.717, 1.165) is 6.42 Å². The van der Waals surface area contributed by atoms with E-state index in [4.69, 9.17) is 11.6 Å². The Morgan fingerprint density at radius 2 is 2.47 bits per heavy atom. The van der Waals surface area contributed by atoms with Crippen LogP contribution in [0.1, 0.15) is 23.7 Å². The molecular formula is C10H13ClN2O2. The van der Waals surface area contributed by atoms with Gasteiger partial charge in [-0.3, -0.25) is 9.78 Å². The van der Waals surface area contributed by atoms with Gasteiger partial charge in [-0.05, 0) is 12.5 Å². The first-order valence-corrected chi connectivity index (χ1v) is 5.22. The Balaban J connectivity index is 2.73. The van der Waals surface area contributed by atoms with Crippen molar-refractivity contribution in [1.82, 2.24) is 10.3 Å². The average Bonchev–Trinajstić information content (AvgIpc) is 2.26. The molecule has 0 radical (unpaired) electrons. The van der Waals surface area contributed by atoms with Crippen LogP contribution < -0.4 is 5.32 Å². The molecule has 0 aliphatic carbocycles. The number of hydrogen-bond donors (Lipinski definition) is 2. The van der Waals surface area contributed by atoms with Gasteiger partial charge in [0.25, 0.3) is 5.91 Å². The average molecular weight is 229 g/mol. The lowest BCUT2D eigenvalue weighted by molar-refractivity contribution is 0.0937. The lowest BCUT2D eigenvalue weighted by Crippen LogP contribution is -2.35. The second-order valence-electron chi connectivity index (χ2n) is 3.13. The molecular weight excluding hydrogens is 216 g/mol. The van der Waals surface area contributed by atoms with Crippen LogP contribution in [-0.2, 0) is 0 Å². The summed E-state index contributed by atoms with van der Waals surface area (Å²) in [6.07, 6.45) is 3.44. The van der Waals surface area contributed by atoms with Crippen LogP contribution in [0.2, 0.25) is 0 Å². The van der Waals surface area contributed by atoms with E-state index in [1.165, 1.54) is 18.5 Å². The maximum absolute atomic E-state index is 11.6. The summed E-state index contributed by atoms with van der Waals surface area (Å²) in [5.74, 6) is -0.101. The highest BCUT2D eigenvalue weighted by atomic mass is 35.5. The monoisotopic (exact) mass is 228 g/mol. The second-order valence-corrected chi connectivity index (χ2v) is 3.43. The Morgan fingerprint density at radius 3 is 3.00 bits per heavy atom. The van der Waals surface area contributed by atoms with Gasteiger partial charge in [-0.15, -0.1) is 11.6 Å². The number of rotatable bonds is 4. The lowest BCUT2D eigenvalue weighted by atomic mass is 10.2. The first-order chi connectivity index (χ1) is 7.19. The molecule has 5 heteroatoms. The largest absolute Gasteiger partial charge is 0.505 e. The highest BCUT2D eigenvalue weighted by molar-refractivity contribution is 6.18. The van der Waals surface area contributed by atoms with E-state index in [-0.39, 0.29) is 23.3 Å². The molecule has 82 valence electrons. The van der Waals surface area contributed by atoms with Crippen molar-refractivity contribution in [2.45, 2.75) is 19.4 Å². The van der Waals surface area contributed by atoms with Crippen molar-refractivity contribution in [1.29, 1.82) is 0 Å². The van der Waals surface area contributed by atoms with Crippen LogP contribution in [-0.4, -0.2) is 27.9 Å². The number of aromatic hydroxyl groups is 1. The first-order valence-electron chi connectivity index (χ1n) is 4.68. The van der Waals surface area contributed by atoms with E-state index in [0.29, 0.717) is 5.88 Å². The molecule has 1 aromatic heterocycles. The SMILES string of the molecule is CCC(CCl)NC(=O)c1ccncc1O. The van der Waals surface area contributed by atoms with Crippen molar-refractivity contribution in [2.24, 2.45) is 0 Å². The molecule has 15 heavy (non-hydrogen) atoms. The third kappa shape index (κ3) is 3.09. The summed E-state index contributed by atoms with van der Waals surface area (Å²) in [6.45, 7) is 1.93. The Kier molecular flexibility index (Phi) is 4.37. The van der Waals surface area contributed by atoms with Gasteiger partial charge in [0, 0.05) is 18.1 Å². The summed E-state index contributed by atoms with van der Waals surface area (Å²) in [6, 6.07) is 1.39. The van der Waals surface area contributed by atoms with Crippen LogP contribution in [0.5, 0.6) is 5.75 Å². The number of pyridine rings is 1. The number of nitrogens with one attached hydrogen (secondary N) is 1. The molecule has 1 amide bonds. The molecule has 4 nitrogen and oxygen atoms in total. The third-order valence-corrected chi connectivity index (χ3v) is 2.43. The Morgan fingerprint density at radius 1 is 1.73 bits per heavy atom. The van der Waals surface area contributed by atoms with Gasteiger partial charge >= 0.3 is 0 Å². The highest BCUT2D eigenvalue weighted by Crippen LogP contribution is 2.13. The summed E-state index contributed by atoms with van der Waals surface area (Å²) in [7, 11) is 0. The van der Waals surface area contributed by atoms with E-state index in [9.17, 15) is 9.90 Å². The molecule has 1 heterocycles. The number of halogens is 1. The molecule has 1 atom stereocenters. The van der Waals surface area contributed by atoms with Gasteiger partial charge in [-0.2, -0.15) is 0 Å². The zero-order valence-corrected chi connectivity index (χ0v) is 9.16. The molecule has 1 aromatic rings. The molecule has 0 aliphatic heterocycles. The van der Waals surface area contributed by atoms with E-state index in [2.05, 4.69) is 10.3 Å². The second kappa shape index (κ2) is 5.56. The minimum Gasteiger partial charge on any atom is -0.505 e. The topological polar surface area (TPSA) is 62.2 Å². The van der Waals surface area contributed by atoms with Crippen LogP contribution in [0.3, 0.4) is 0 Å². The van der Waals surface area contributed by atoms with Crippen molar-refractivity contribution in [3.63, 3.8) is 0 Å². The van der Waals surface area contributed by atoms with Crippen LogP contribution in [0, 0.1) is 0 Å². The van der Waals surface area contributed by atoms with Crippen molar-refractivity contribution in [2.75, 3.05) is 5.88 Å². The van der Waals surface area contributed by atoms with Gasteiger partial charge in [0.05, 0.1) is 11.8 Å². The summed E-state index contributed by atoms with van der Waals surface area (Å²) in [4.78, 5) is 15.3. The minimum absolute atomic E-state index is 0.0771. The minimum atomic E-state index is -0.331. The maximum Gasteiger partial charge on any atom is 0.255 e. The number of aromatic nitrogens is 1. The Hall–Kier alpha value is -1.29. The van der Waals surface area contributed by atoms with Gasteiger partial charge in [-0.1, -0.05) is 6.92 Å². The van der Waals surface area contributed by atoms with Gasteiger partial charge in [-0.25, -0.2) is 0 Å². The molecule has 1 unspecified atom stereocenters. The van der Waals surface area contributed by atoms with E-state index >= 15 is 0 Å². The molecule has 2 N–H and O–H groups in total. The summed E-state index contributed by atoms with van der Waals surface area (Å²) < 4.78 is 0. The smallest absolute Gasteiger partial charge is 0.255 e. The van der Waals surface area contributed by atoms with Gasteiger partial charge in [0.2, 0.25) is 0 Å². The molecule has 0 aliphatic rings. The lowest BCUT2D eigenvalue weighted by Gasteiger charge is -2.13. The molecule has 0 saturated carbocycles. The Bertz CT molecular complexity index is 340.